The van der Waals surface area contributed by atoms with E-state index in [4.69, 9.17) is 0 Å². The number of benzene rings is 2. The summed E-state index contributed by atoms with van der Waals surface area (Å²) in [6.07, 6.45) is 1.74. The molecule has 1 amide bonds. The van der Waals surface area contributed by atoms with E-state index >= 15 is 0 Å². The molecule has 2 heterocycles. The second kappa shape index (κ2) is 7.06. The van der Waals surface area contributed by atoms with Gasteiger partial charge in [-0.3, -0.25) is 14.7 Å². The summed E-state index contributed by atoms with van der Waals surface area (Å²) in [7, 11) is 0. The van der Waals surface area contributed by atoms with E-state index in [0.29, 0.717) is 17.2 Å². The number of fused-ring (bicyclic) bond motifs is 1. The number of para-hydroxylation sites is 1. The van der Waals surface area contributed by atoms with Gasteiger partial charge in [0.15, 0.2) is 5.13 Å². The Hall–Kier alpha value is -3.05. The molecule has 0 radical (unpaired) electrons. The number of rotatable bonds is 4. The number of amides is 1. The standard InChI is InChI=1S/C21H17N3OS/c1-15-7-6-8-16(13-15)20(25)24(14-17-9-4-5-12-22-17)21-23-18-10-2-3-11-19(18)26-21/h2-13H,14H2,1H3. The van der Waals surface area contributed by atoms with Crippen molar-refractivity contribution < 1.29 is 4.79 Å². The second-order valence-corrected chi connectivity index (χ2v) is 7.06. The Bertz CT molecular complexity index is 1030. The molecule has 0 spiro atoms. The van der Waals surface area contributed by atoms with Gasteiger partial charge in [-0.05, 0) is 43.3 Å². The number of pyridine rings is 1. The molecule has 4 aromatic rings. The van der Waals surface area contributed by atoms with Crippen molar-refractivity contribution >= 4 is 32.6 Å². The van der Waals surface area contributed by atoms with Crippen LogP contribution in [0.5, 0.6) is 0 Å². The molecule has 0 fully saturated rings. The van der Waals surface area contributed by atoms with Crippen molar-refractivity contribution in [3.05, 3.63) is 89.7 Å². The summed E-state index contributed by atoms with van der Waals surface area (Å²) in [6, 6.07) is 21.3. The van der Waals surface area contributed by atoms with Gasteiger partial charge < -0.3 is 0 Å². The van der Waals surface area contributed by atoms with Gasteiger partial charge in [0.05, 0.1) is 22.5 Å². The molecule has 0 aliphatic heterocycles. The highest BCUT2D eigenvalue weighted by Crippen LogP contribution is 2.30. The van der Waals surface area contributed by atoms with Crippen molar-refractivity contribution in [2.75, 3.05) is 4.90 Å². The van der Waals surface area contributed by atoms with E-state index in [9.17, 15) is 4.79 Å². The van der Waals surface area contributed by atoms with Gasteiger partial charge >= 0.3 is 0 Å². The number of nitrogens with zero attached hydrogens (tertiary/aromatic N) is 3. The van der Waals surface area contributed by atoms with Crippen LogP contribution in [0.15, 0.2) is 72.9 Å². The molecular formula is C21H17N3OS. The van der Waals surface area contributed by atoms with Crippen LogP contribution in [-0.2, 0) is 6.54 Å². The molecule has 0 atom stereocenters. The number of hydrogen-bond donors (Lipinski definition) is 0. The molecule has 128 valence electrons. The van der Waals surface area contributed by atoms with Gasteiger partial charge in [-0.15, -0.1) is 0 Å². The molecule has 0 saturated heterocycles. The fourth-order valence-corrected chi connectivity index (χ4v) is 3.75. The molecule has 0 saturated carbocycles. The van der Waals surface area contributed by atoms with E-state index in [1.54, 1.807) is 11.1 Å². The van der Waals surface area contributed by atoms with Crippen LogP contribution in [-0.4, -0.2) is 15.9 Å². The van der Waals surface area contributed by atoms with Crippen molar-refractivity contribution in [2.45, 2.75) is 13.5 Å². The maximum absolute atomic E-state index is 13.2. The zero-order chi connectivity index (χ0) is 17.9. The fourth-order valence-electron chi connectivity index (χ4n) is 2.79. The van der Waals surface area contributed by atoms with E-state index < -0.39 is 0 Å². The number of hydrogen-bond acceptors (Lipinski definition) is 4. The third kappa shape index (κ3) is 3.34. The first-order valence-corrected chi connectivity index (χ1v) is 9.16. The number of aromatic nitrogens is 2. The Morgan fingerprint density at radius 2 is 1.88 bits per heavy atom. The van der Waals surface area contributed by atoms with Crippen LogP contribution in [0.25, 0.3) is 10.2 Å². The van der Waals surface area contributed by atoms with Gasteiger partial charge in [0.1, 0.15) is 0 Å². The highest BCUT2D eigenvalue weighted by molar-refractivity contribution is 7.22. The van der Waals surface area contributed by atoms with Crippen molar-refractivity contribution in [1.82, 2.24) is 9.97 Å². The Labute approximate surface area is 155 Å². The first-order chi connectivity index (χ1) is 12.7. The quantitative estimate of drug-likeness (QED) is 0.523. The van der Waals surface area contributed by atoms with Crippen LogP contribution in [0.3, 0.4) is 0 Å². The largest absolute Gasteiger partial charge is 0.278 e. The smallest absolute Gasteiger partial charge is 0.260 e. The summed E-state index contributed by atoms with van der Waals surface area (Å²) in [4.78, 5) is 24.0. The molecule has 4 nitrogen and oxygen atoms in total. The summed E-state index contributed by atoms with van der Waals surface area (Å²) in [5.41, 5.74) is 3.43. The lowest BCUT2D eigenvalue weighted by Crippen LogP contribution is -2.30. The molecule has 0 unspecified atom stereocenters. The first kappa shape index (κ1) is 16.4. The summed E-state index contributed by atoms with van der Waals surface area (Å²) >= 11 is 1.52. The zero-order valence-corrected chi connectivity index (χ0v) is 15.1. The molecule has 2 aromatic heterocycles. The highest BCUT2D eigenvalue weighted by Gasteiger charge is 2.22. The number of carbonyl (C=O) groups is 1. The SMILES string of the molecule is Cc1cccc(C(=O)N(Cc2ccccn2)c2nc3ccccc3s2)c1. The van der Waals surface area contributed by atoms with Gasteiger partial charge in [0.2, 0.25) is 0 Å². The normalized spacial score (nSPS) is 10.8. The maximum atomic E-state index is 13.2. The molecular weight excluding hydrogens is 342 g/mol. The Balaban J connectivity index is 1.77. The third-order valence-corrected chi connectivity index (χ3v) is 5.13. The van der Waals surface area contributed by atoms with Crippen LogP contribution in [0.4, 0.5) is 5.13 Å². The van der Waals surface area contributed by atoms with E-state index in [0.717, 1.165) is 21.5 Å². The molecule has 0 aliphatic carbocycles. The summed E-state index contributed by atoms with van der Waals surface area (Å²) in [5.74, 6) is -0.0709. The molecule has 0 aliphatic rings. The maximum Gasteiger partial charge on any atom is 0.260 e. The summed E-state index contributed by atoms with van der Waals surface area (Å²) in [5, 5.41) is 0.684. The Morgan fingerprint density at radius 1 is 1.04 bits per heavy atom. The Morgan fingerprint density at radius 3 is 2.65 bits per heavy atom. The van der Waals surface area contributed by atoms with Gasteiger partial charge in [-0.2, -0.15) is 0 Å². The van der Waals surface area contributed by atoms with Gasteiger partial charge in [-0.25, -0.2) is 4.98 Å². The average Bonchev–Trinajstić information content (AvgIpc) is 3.10. The van der Waals surface area contributed by atoms with Crippen molar-refractivity contribution in [3.8, 4) is 0 Å². The second-order valence-electron chi connectivity index (χ2n) is 6.05. The molecule has 5 heteroatoms. The number of carbonyl (C=O) groups excluding carboxylic acids is 1. The highest BCUT2D eigenvalue weighted by atomic mass is 32.1. The number of anilines is 1. The molecule has 26 heavy (non-hydrogen) atoms. The van der Waals surface area contributed by atoms with Crippen LogP contribution in [0.1, 0.15) is 21.6 Å². The monoisotopic (exact) mass is 359 g/mol. The molecule has 0 N–H and O–H groups in total. The zero-order valence-electron chi connectivity index (χ0n) is 14.3. The van der Waals surface area contributed by atoms with E-state index in [1.165, 1.54) is 11.3 Å². The molecule has 4 rings (SSSR count). The minimum absolute atomic E-state index is 0.0709. The Kier molecular flexibility index (Phi) is 4.46. The average molecular weight is 359 g/mol. The van der Waals surface area contributed by atoms with Crippen LogP contribution >= 0.6 is 11.3 Å². The van der Waals surface area contributed by atoms with Crippen LogP contribution < -0.4 is 4.90 Å². The lowest BCUT2D eigenvalue weighted by molar-refractivity contribution is 0.0984. The number of thiazole rings is 1. The fraction of sp³-hybridized carbons (Fsp3) is 0.0952. The molecule has 0 bridgehead atoms. The van der Waals surface area contributed by atoms with Gasteiger partial charge in [0.25, 0.3) is 5.91 Å². The van der Waals surface area contributed by atoms with E-state index in [1.807, 2.05) is 73.7 Å². The van der Waals surface area contributed by atoms with Crippen molar-refractivity contribution in [1.29, 1.82) is 0 Å². The van der Waals surface area contributed by atoms with E-state index in [2.05, 4.69) is 9.97 Å². The van der Waals surface area contributed by atoms with Crippen LogP contribution in [0, 0.1) is 6.92 Å². The number of aryl methyl sites for hydroxylation is 1. The summed E-state index contributed by atoms with van der Waals surface area (Å²) < 4.78 is 1.06. The van der Waals surface area contributed by atoms with Crippen molar-refractivity contribution in [3.63, 3.8) is 0 Å². The third-order valence-electron chi connectivity index (χ3n) is 4.07. The minimum atomic E-state index is -0.0709. The lowest BCUT2D eigenvalue weighted by atomic mass is 10.1. The lowest BCUT2D eigenvalue weighted by Gasteiger charge is -2.19. The minimum Gasteiger partial charge on any atom is -0.278 e. The predicted octanol–water partition coefficient (Wildman–Crippen LogP) is 4.85. The topological polar surface area (TPSA) is 46.1 Å². The van der Waals surface area contributed by atoms with Crippen molar-refractivity contribution in [2.24, 2.45) is 0 Å². The van der Waals surface area contributed by atoms with Gasteiger partial charge in [-0.1, -0.05) is 47.2 Å². The summed E-state index contributed by atoms with van der Waals surface area (Å²) in [6.45, 7) is 2.37. The van der Waals surface area contributed by atoms with Crippen LogP contribution in [0.2, 0.25) is 0 Å². The predicted molar refractivity (Wildman–Crippen MR) is 106 cm³/mol. The van der Waals surface area contributed by atoms with E-state index in [-0.39, 0.29) is 5.91 Å². The van der Waals surface area contributed by atoms with Gasteiger partial charge in [0, 0.05) is 11.8 Å². The molecule has 2 aromatic carbocycles. The first-order valence-electron chi connectivity index (χ1n) is 8.35.